The van der Waals surface area contributed by atoms with Crippen LogP contribution in [0, 0.1) is 6.92 Å². The number of thioether (sulfide) groups is 1. The van der Waals surface area contributed by atoms with Crippen LogP contribution >= 0.6 is 11.8 Å². The van der Waals surface area contributed by atoms with Crippen LogP contribution in [-0.2, 0) is 0 Å². The highest BCUT2D eigenvalue weighted by Gasteiger charge is 2.11. The molecule has 124 valence electrons. The third-order valence-electron chi connectivity index (χ3n) is 4.13. The van der Waals surface area contributed by atoms with Crippen LogP contribution in [0.1, 0.15) is 30.7 Å². The summed E-state index contributed by atoms with van der Waals surface area (Å²) in [7, 11) is 0. The Balaban J connectivity index is 1.99. The first-order chi connectivity index (χ1) is 11.6. The Morgan fingerprint density at radius 1 is 1.08 bits per heavy atom. The van der Waals surface area contributed by atoms with Crippen LogP contribution in [0.2, 0.25) is 0 Å². The van der Waals surface area contributed by atoms with Crippen LogP contribution in [0.25, 0.3) is 16.9 Å². The summed E-state index contributed by atoms with van der Waals surface area (Å²) in [6, 6.07) is 18.6. The average molecular weight is 338 g/mol. The van der Waals surface area contributed by atoms with E-state index in [1.165, 1.54) is 4.90 Å². The van der Waals surface area contributed by atoms with E-state index >= 15 is 0 Å². The van der Waals surface area contributed by atoms with Crippen molar-refractivity contribution in [2.75, 3.05) is 6.26 Å². The standard InChI is InChI=1S/C20H22N2OS/c1-4-20(23)16-5-9-17(10-6-16)22-19(13-14(2)21-22)15-7-11-18(24-3)12-8-15/h5-13,20,23H,4H2,1-3H3. The number of aryl methyl sites for hydroxylation is 1. The molecular formula is C20H22N2OS. The fraction of sp³-hybridized carbons (Fsp3) is 0.250. The van der Waals surface area contributed by atoms with Crippen molar-refractivity contribution in [3.8, 4) is 16.9 Å². The molecule has 2 aromatic carbocycles. The summed E-state index contributed by atoms with van der Waals surface area (Å²) in [6.07, 6.45) is 2.39. The number of aromatic nitrogens is 2. The highest BCUT2D eigenvalue weighted by Crippen LogP contribution is 2.27. The number of aliphatic hydroxyl groups is 1. The quantitative estimate of drug-likeness (QED) is 0.664. The zero-order valence-electron chi connectivity index (χ0n) is 14.2. The molecule has 0 aliphatic rings. The second-order valence-electron chi connectivity index (χ2n) is 5.83. The van der Waals surface area contributed by atoms with Gasteiger partial charge in [0.1, 0.15) is 0 Å². The maximum absolute atomic E-state index is 9.95. The number of nitrogens with zero attached hydrogens (tertiary/aromatic N) is 2. The van der Waals surface area contributed by atoms with Crippen LogP contribution in [0.15, 0.2) is 59.5 Å². The molecule has 0 saturated heterocycles. The molecule has 0 aliphatic carbocycles. The van der Waals surface area contributed by atoms with Gasteiger partial charge in [0.25, 0.3) is 0 Å². The van der Waals surface area contributed by atoms with Crippen molar-refractivity contribution in [2.24, 2.45) is 0 Å². The zero-order chi connectivity index (χ0) is 17.1. The molecule has 0 bridgehead atoms. The Hall–Kier alpha value is -2.04. The normalized spacial score (nSPS) is 12.3. The lowest BCUT2D eigenvalue weighted by Crippen LogP contribution is -2.01. The van der Waals surface area contributed by atoms with Crippen molar-refractivity contribution in [1.82, 2.24) is 9.78 Å². The molecule has 0 aliphatic heterocycles. The highest BCUT2D eigenvalue weighted by molar-refractivity contribution is 7.98. The summed E-state index contributed by atoms with van der Waals surface area (Å²) in [4.78, 5) is 1.25. The average Bonchev–Trinajstić information content (AvgIpc) is 3.03. The molecule has 0 spiro atoms. The Kier molecular flexibility index (Phi) is 5.07. The van der Waals surface area contributed by atoms with Gasteiger partial charge < -0.3 is 5.11 Å². The van der Waals surface area contributed by atoms with Crippen LogP contribution in [0.5, 0.6) is 0 Å². The lowest BCUT2D eigenvalue weighted by molar-refractivity contribution is 0.173. The minimum absolute atomic E-state index is 0.406. The summed E-state index contributed by atoms with van der Waals surface area (Å²) >= 11 is 1.74. The summed E-state index contributed by atoms with van der Waals surface area (Å²) in [5.74, 6) is 0. The molecule has 0 saturated carbocycles. The van der Waals surface area contributed by atoms with E-state index in [1.807, 2.05) is 42.8 Å². The van der Waals surface area contributed by atoms with Gasteiger partial charge in [-0.15, -0.1) is 11.8 Å². The second kappa shape index (κ2) is 7.24. The molecule has 1 atom stereocenters. The van der Waals surface area contributed by atoms with E-state index < -0.39 is 6.10 Å². The first-order valence-electron chi connectivity index (χ1n) is 8.12. The maximum Gasteiger partial charge on any atom is 0.0787 e. The van der Waals surface area contributed by atoms with Gasteiger partial charge in [-0.25, -0.2) is 4.68 Å². The molecule has 24 heavy (non-hydrogen) atoms. The molecule has 1 unspecified atom stereocenters. The molecule has 1 aromatic heterocycles. The van der Waals surface area contributed by atoms with Crippen molar-refractivity contribution in [1.29, 1.82) is 0 Å². The van der Waals surface area contributed by atoms with Crippen molar-refractivity contribution in [2.45, 2.75) is 31.3 Å². The largest absolute Gasteiger partial charge is 0.388 e. The van der Waals surface area contributed by atoms with Crippen LogP contribution in [0.3, 0.4) is 0 Å². The Bertz CT molecular complexity index is 807. The molecule has 0 radical (unpaired) electrons. The lowest BCUT2D eigenvalue weighted by Gasteiger charge is -2.11. The number of hydrogen-bond donors (Lipinski definition) is 1. The van der Waals surface area contributed by atoms with Crippen LogP contribution in [-0.4, -0.2) is 21.1 Å². The van der Waals surface area contributed by atoms with Gasteiger partial charge in [-0.2, -0.15) is 5.10 Å². The monoisotopic (exact) mass is 338 g/mol. The fourth-order valence-electron chi connectivity index (χ4n) is 2.74. The Morgan fingerprint density at radius 3 is 2.33 bits per heavy atom. The summed E-state index contributed by atoms with van der Waals surface area (Å²) in [6.45, 7) is 3.98. The van der Waals surface area contributed by atoms with E-state index in [0.29, 0.717) is 6.42 Å². The first-order valence-corrected chi connectivity index (χ1v) is 9.34. The molecule has 3 rings (SSSR count). The third-order valence-corrected chi connectivity index (χ3v) is 4.87. The molecule has 3 nitrogen and oxygen atoms in total. The van der Waals surface area contributed by atoms with Gasteiger partial charge in [0.2, 0.25) is 0 Å². The molecule has 4 heteroatoms. The molecule has 0 fully saturated rings. The molecule has 0 amide bonds. The van der Waals surface area contributed by atoms with E-state index in [2.05, 4.69) is 41.7 Å². The van der Waals surface area contributed by atoms with E-state index in [9.17, 15) is 5.11 Å². The molecule has 1 heterocycles. The summed E-state index contributed by atoms with van der Waals surface area (Å²) < 4.78 is 1.96. The second-order valence-corrected chi connectivity index (χ2v) is 6.71. The van der Waals surface area contributed by atoms with Gasteiger partial charge in [0.05, 0.1) is 23.2 Å². The van der Waals surface area contributed by atoms with Gasteiger partial charge in [-0.3, -0.25) is 0 Å². The number of rotatable bonds is 5. The smallest absolute Gasteiger partial charge is 0.0787 e. The number of hydrogen-bond acceptors (Lipinski definition) is 3. The number of aliphatic hydroxyl groups excluding tert-OH is 1. The van der Waals surface area contributed by atoms with Crippen molar-refractivity contribution < 1.29 is 5.11 Å². The predicted molar refractivity (Wildman–Crippen MR) is 101 cm³/mol. The first kappa shape index (κ1) is 16.8. The molecular weight excluding hydrogens is 316 g/mol. The van der Waals surface area contributed by atoms with E-state index in [1.54, 1.807) is 11.8 Å². The molecule has 3 aromatic rings. The summed E-state index contributed by atoms with van der Waals surface area (Å²) in [5.41, 5.74) is 5.14. The topological polar surface area (TPSA) is 38.0 Å². The van der Waals surface area contributed by atoms with Gasteiger partial charge in [-0.05, 0) is 55.5 Å². The molecule has 1 N–H and O–H groups in total. The Labute approximate surface area is 147 Å². The van der Waals surface area contributed by atoms with E-state index in [-0.39, 0.29) is 0 Å². The maximum atomic E-state index is 9.95. The van der Waals surface area contributed by atoms with Gasteiger partial charge in [0.15, 0.2) is 0 Å². The third kappa shape index (κ3) is 3.40. The van der Waals surface area contributed by atoms with Gasteiger partial charge in [-0.1, -0.05) is 31.2 Å². The van der Waals surface area contributed by atoms with Crippen LogP contribution < -0.4 is 0 Å². The fourth-order valence-corrected chi connectivity index (χ4v) is 3.15. The van der Waals surface area contributed by atoms with Crippen LogP contribution in [0.4, 0.5) is 0 Å². The minimum Gasteiger partial charge on any atom is -0.388 e. The SMILES string of the molecule is CCC(O)c1ccc(-n2nc(C)cc2-c2ccc(SC)cc2)cc1. The Morgan fingerprint density at radius 2 is 1.75 bits per heavy atom. The minimum atomic E-state index is -0.406. The van der Waals surface area contributed by atoms with Gasteiger partial charge >= 0.3 is 0 Å². The number of benzene rings is 2. The van der Waals surface area contributed by atoms with E-state index in [4.69, 9.17) is 0 Å². The van der Waals surface area contributed by atoms with Gasteiger partial charge in [0, 0.05) is 10.5 Å². The predicted octanol–water partition coefficient (Wildman–Crippen LogP) is 5.01. The van der Waals surface area contributed by atoms with Crippen molar-refractivity contribution >= 4 is 11.8 Å². The zero-order valence-corrected chi connectivity index (χ0v) is 15.0. The van der Waals surface area contributed by atoms with Crippen molar-refractivity contribution in [3.05, 3.63) is 65.9 Å². The highest BCUT2D eigenvalue weighted by atomic mass is 32.2. The summed E-state index contributed by atoms with van der Waals surface area (Å²) in [5, 5.41) is 14.6. The van der Waals surface area contributed by atoms with Crippen molar-refractivity contribution in [3.63, 3.8) is 0 Å². The lowest BCUT2D eigenvalue weighted by atomic mass is 10.1. The van der Waals surface area contributed by atoms with E-state index in [0.717, 1.165) is 28.2 Å².